The quantitative estimate of drug-likeness (QED) is 0.642. The van der Waals surface area contributed by atoms with Gasteiger partial charge < -0.3 is 14.8 Å². The van der Waals surface area contributed by atoms with Crippen molar-refractivity contribution in [2.75, 3.05) is 5.32 Å². The van der Waals surface area contributed by atoms with Crippen molar-refractivity contribution < 1.29 is 19.1 Å². The van der Waals surface area contributed by atoms with Gasteiger partial charge in [0.15, 0.2) is 0 Å². The summed E-state index contributed by atoms with van der Waals surface area (Å²) in [5.74, 6) is 1.16. The number of carbonyl (C=O) groups excluding carboxylic acids is 2. The summed E-state index contributed by atoms with van der Waals surface area (Å²) < 4.78 is 11.4. The lowest BCUT2D eigenvalue weighted by atomic mass is 9.79. The first-order valence-corrected chi connectivity index (χ1v) is 10.4. The minimum Gasteiger partial charge on any atom is -0.462 e. The normalized spacial score (nSPS) is 28.5. The van der Waals surface area contributed by atoms with Gasteiger partial charge in [-0.25, -0.2) is 0 Å². The largest absolute Gasteiger partial charge is 0.462 e. The molecule has 2 aliphatic carbocycles. The molecule has 5 unspecified atom stereocenters. The van der Waals surface area contributed by atoms with Gasteiger partial charge in [0.1, 0.15) is 17.6 Å². The highest BCUT2D eigenvalue weighted by molar-refractivity contribution is 5.97. The molecule has 3 aromatic rings. The maximum atomic E-state index is 12.9. The van der Waals surface area contributed by atoms with E-state index in [9.17, 15) is 9.59 Å². The Kier molecular flexibility index (Phi) is 3.85. The summed E-state index contributed by atoms with van der Waals surface area (Å²) in [5.41, 5.74) is 0.705. The van der Waals surface area contributed by atoms with Crippen molar-refractivity contribution in [2.45, 2.75) is 18.9 Å². The Morgan fingerprint density at radius 1 is 0.933 bits per heavy atom. The minimum absolute atomic E-state index is 0.0445. The van der Waals surface area contributed by atoms with Crippen molar-refractivity contribution in [3.05, 3.63) is 66.7 Å². The molecule has 0 spiro atoms. The Morgan fingerprint density at radius 2 is 1.70 bits per heavy atom. The molecule has 0 aromatic heterocycles. The van der Waals surface area contributed by atoms with Crippen molar-refractivity contribution in [3.63, 3.8) is 0 Å². The number of hydrogen-bond acceptors (Lipinski definition) is 4. The molecule has 1 aliphatic heterocycles. The monoisotopic (exact) mass is 399 g/mol. The summed E-state index contributed by atoms with van der Waals surface area (Å²) >= 11 is 0. The standard InChI is InChI=1S/C25H21NO4/c27-24(22-16-12-20-21(13-16)30-25(28)23(20)22)26-17-6-9-18(10-7-17)29-19-8-5-14-3-1-2-4-15(14)11-19/h1-11,16,20-23H,12-13H2,(H,26,27). The van der Waals surface area contributed by atoms with Gasteiger partial charge >= 0.3 is 5.97 Å². The fourth-order valence-electron chi connectivity index (χ4n) is 5.56. The van der Waals surface area contributed by atoms with Crippen LogP contribution in [0.3, 0.4) is 0 Å². The molecule has 1 heterocycles. The van der Waals surface area contributed by atoms with Crippen molar-refractivity contribution in [2.24, 2.45) is 23.7 Å². The number of esters is 1. The molecule has 6 rings (SSSR count). The molecule has 150 valence electrons. The van der Waals surface area contributed by atoms with Crippen LogP contribution in [0.1, 0.15) is 12.8 Å². The van der Waals surface area contributed by atoms with Crippen molar-refractivity contribution in [3.8, 4) is 11.5 Å². The van der Waals surface area contributed by atoms with Gasteiger partial charge in [-0.1, -0.05) is 30.3 Å². The molecule has 1 saturated heterocycles. The smallest absolute Gasteiger partial charge is 0.310 e. The van der Waals surface area contributed by atoms with E-state index in [1.807, 2.05) is 54.6 Å². The Hall–Kier alpha value is -3.34. The van der Waals surface area contributed by atoms with Crippen molar-refractivity contribution >= 4 is 28.3 Å². The predicted octanol–water partition coefficient (Wildman–Crippen LogP) is 4.77. The lowest BCUT2D eigenvalue weighted by Crippen LogP contribution is -2.35. The van der Waals surface area contributed by atoms with Crippen LogP contribution in [0.4, 0.5) is 5.69 Å². The number of anilines is 1. The summed E-state index contributed by atoms with van der Waals surface area (Å²) in [6, 6.07) is 21.5. The lowest BCUT2D eigenvalue weighted by Gasteiger charge is -2.23. The number of rotatable bonds is 4. The van der Waals surface area contributed by atoms with Gasteiger partial charge in [-0.15, -0.1) is 0 Å². The number of hydrogen-bond donors (Lipinski definition) is 1. The predicted molar refractivity (Wildman–Crippen MR) is 112 cm³/mol. The van der Waals surface area contributed by atoms with E-state index in [1.54, 1.807) is 0 Å². The third-order valence-electron chi connectivity index (χ3n) is 6.86. The third kappa shape index (κ3) is 2.76. The van der Waals surface area contributed by atoms with E-state index in [1.165, 1.54) is 5.39 Å². The first-order valence-electron chi connectivity index (χ1n) is 10.4. The number of ether oxygens (including phenoxy) is 2. The van der Waals surface area contributed by atoms with Crippen LogP contribution in [0.2, 0.25) is 0 Å². The van der Waals surface area contributed by atoms with Crippen LogP contribution in [0, 0.1) is 23.7 Å². The van der Waals surface area contributed by atoms with Crippen LogP contribution >= 0.6 is 0 Å². The molecule has 3 aromatic carbocycles. The first-order chi connectivity index (χ1) is 14.7. The van der Waals surface area contributed by atoms with Crippen LogP contribution in [0.5, 0.6) is 11.5 Å². The minimum atomic E-state index is -0.269. The van der Waals surface area contributed by atoms with Crippen LogP contribution in [-0.2, 0) is 14.3 Å². The molecular weight excluding hydrogens is 378 g/mol. The van der Waals surface area contributed by atoms with Gasteiger partial charge in [0.2, 0.25) is 5.91 Å². The topological polar surface area (TPSA) is 64.6 Å². The molecule has 0 radical (unpaired) electrons. The van der Waals surface area contributed by atoms with E-state index in [0.29, 0.717) is 11.4 Å². The fourth-order valence-corrected chi connectivity index (χ4v) is 5.56. The zero-order valence-electron chi connectivity index (χ0n) is 16.3. The maximum Gasteiger partial charge on any atom is 0.310 e. The second-order valence-corrected chi connectivity index (χ2v) is 8.55. The second kappa shape index (κ2) is 6.59. The van der Waals surface area contributed by atoms with Gasteiger partial charge in [-0.05, 0) is 65.9 Å². The number of carbonyl (C=O) groups is 2. The van der Waals surface area contributed by atoms with Crippen LogP contribution in [0.15, 0.2) is 66.7 Å². The highest BCUT2D eigenvalue weighted by atomic mass is 16.6. The Bertz CT molecular complexity index is 1150. The molecular formula is C25H21NO4. The van der Waals surface area contributed by atoms with Gasteiger partial charge in [0.25, 0.3) is 0 Å². The number of fused-ring (bicyclic) bond motifs is 2. The Morgan fingerprint density at radius 3 is 2.53 bits per heavy atom. The van der Waals surface area contributed by atoms with Gasteiger partial charge in [-0.3, -0.25) is 9.59 Å². The van der Waals surface area contributed by atoms with E-state index in [0.717, 1.165) is 24.0 Å². The van der Waals surface area contributed by atoms with Gasteiger partial charge in [0, 0.05) is 11.6 Å². The summed E-state index contributed by atoms with van der Waals surface area (Å²) in [6.45, 7) is 0. The molecule has 3 aliphatic rings. The summed E-state index contributed by atoms with van der Waals surface area (Å²) in [5, 5.41) is 5.28. The molecule has 5 heteroatoms. The summed E-state index contributed by atoms with van der Waals surface area (Å²) in [4.78, 5) is 25.0. The zero-order chi connectivity index (χ0) is 20.2. The highest BCUT2D eigenvalue weighted by Gasteiger charge is 2.63. The maximum absolute atomic E-state index is 12.9. The molecule has 5 atom stereocenters. The molecule has 1 N–H and O–H groups in total. The average Bonchev–Trinajstić information content (AvgIpc) is 3.38. The van der Waals surface area contributed by atoms with E-state index < -0.39 is 0 Å². The molecule has 3 fully saturated rings. The van der Waals surface area contributed by atoms with Crippen LogP contribution in [0.25, 0.3) is 10.8 Å². The molecule has 30 heavy (non-hydrogen) atoms. The number of benzene rings is 3. The second-order valence-electron chi connectivity index (χ2n) is 8.55. The molecule has 2 saturated carbocycles. The van der Waals surface area contributed by atoms with E-state index in [2.05, 4.69) is 17.4 Å². The fraction of sp³-hybridized carbons (Fsp3) is 0.280. The van der Waals surface area contributed by atoms with Crippen LogP contribution in [-0.4, -0.2) is 18.0 Å². The number of nitrogens with one attached hydrogen (secondary N) is 1. The Labute approximate surface area is 174 Å². The van der Waals surface area contributed by atoms with Crippen LogP contribution < -0.4 is 10.1 Å². The van der Waals surface area contributed by atoms with E-state index >= 15 is 0 Å². The lowest BCUT2D eigenvalue weighted by molar-refractivity contribution is -0.145. The van der Waals surface area contributed by atoms with E-state index in [-0.39, 0.29) is 41.7 Å². The summed E-state index contributed by atoms with van der Waals surface area (Å²) in [6.07, 6.45) is 1.80. The highest BCUT2D eigenvalue weighted by Crippen LogP contribution is 2.57. The van der Waals surface area contributed by atoms with Crippen molar-refractivity contribution in [1.29, 1.82) is 0 Å². The van der Waals surface area contributed by atoms with Gasteiger partial charge in [-0.2, -0.15) is 0 Å². The zero-order valence-corrected chi connectivity index (χ0v) is 16.3. The molecule has 2 bridgehead atoms. The SMILES string of the molecule is O=C(Nc1ccc(Oc2ccc3ccccc3c2)cc1)C1C2CC3OC(=O)C1C3C2. The van der Waals surface area contributed by atoms with Gasteiger partial charge in [0.05, 0.1) is 11.8 Å². The third-order valence-corrected chi connectivity index (χ3v) is 6.86. The number of amides is 1. The summed E-state index contributed by atoms with van der Waals surface area (Å²) in [7, 11) is 0. The van der Waals surface area contributed by atoms with Crippen molar-refractivity contribution in [1.82, 2.24) is 0 Å². The first kappa shape index (κ1) is 17.5. The van der Waals surface area contributed by atoms with E-state index in [4.69, 9.17) is 9.47 Å². The molecule has 5 nitrogen and oxygen atoms in total. The Balaban J connectivity index is 1.15. The molecule has 1 amide bonds. The average molecular weight is 399 g/mol.